The average molecular weight is 532 g/mol. The Bertz CT molecular complexity index is 1170. The van der Waals surface area contributed by atoms with Gasteiger partial charge in [0.2, 0.25) is 0 Å². The van der Waals surface area contributed by atoms with E-state index in [0.29, 0.717) is 36.6 Å². The van der Waals surface area contributed by atoms with Crippen LogP contribution in [-0.4, -0.2) is 34.9 Å². The number of nitrogens with zero attached hydrogens (tertiary/aromatic N) is 3. The first-order chi connectivity index (χ1) is 14.9. The molecular formula is C22H25IN6O2. The van der Waals surface area contributed by atoms with Gasteiger partial charge in [0.1, 0.15) is 29.6 Å². The zero-order chi connectivity index (χ0) is 22.5. The molecule has 31 heavy (non-hydrogen) atoms. The molecule has 9 heteroatoms. The maximum Gasteiger partial charge on any atom is 0.262 e. The van der Waals surface area contributed by atoms with Crippen LogP contribution in [0.5, 0.6) is 0 Å². The van der Waals surface area contributed by atoms with Gasteiger partial charge in [-0.1, -0.05) is 12.1 Å². The molecule has 0 fully saturated rings. The third kappa shape index (κ3) is 4.91. The first-order valence-corrected chi connectivity index (χ1v) is 11.0. The summed E-state index contributed by atoms with van der Waals surface area (Å²) >= 11 is 2.24. The zero-order valence-electron chi connectivity index (χ0n) is 17.4. The van der Waals surface area contributed by atoms with Gasteiger partial charge < -0.3 is 26.0 Å². The summed E-state index contributed by atoms with van der Waals surface area (Å²) in [5, 5.41) is 25.7. The van der Waals surface area contributed by atoms with Crippen molar-refractivity contribution >= 4 is 40.4 Å². The predicted octanol–water partition coefficient (Wildman–Crippen LogP) is 0.778. The van der Waals surface area contributed by atoms with Crippen molar-refractivity contribution in [2.75, 3.05) is 13.3 Å². The van der Waals surface area contributed by atoms with E-state index in [-0.39, 0.29) is 18.2 Å². The van der Waals surface area contributed by atoms with Gasteiger partial charge in [0.15, 0.2) is 0 Å². The van der Waals surface area contributed by atoms with Gasteiger partial charge in [0, 0.05) is 28.3 Å². The minimum Gasteiger partial charge on any atom is -0.396 e. The number of nitriles is 1. The molecule has 2 aromatic rings. The highest BCUT2D eigenvalue weighted by molar-refractivity contribution is 14.1. The third-order valence-corrected chi connectivity index (χ3v) is 5.50. The van der Waals surface area contributed by atoms with Crippen LogP contribution in [0.3, 0.4) is 0 Å². The SMILES string of the molecule is CC(C)NC(=O)/C(C#N)=C/c1c(-c2ccc(I)cc2)c2c(n1CCCO)=NCNC=2N. The molecule has 0 spiro atoms. The number of hydrogen-bond acceptors (Lipinski definition) is 6. The van der Waals surface area contributed by atoms with E-state index in [9.17, 15) is 15.2 Å². The van der Waals surface area contributed by atoms with Gasteiger partial charge in [-0.25, -0.2) is 4.99 Å². The predicted molar refractivity (Wildman–Crippen MR) is 128 cm³/mol. The van der Waals surface area contributed by atoms with E-state index in [1.54, 1.807) is 6.08 Å². The molecule has 1 aliphatic rings. The first kappa shape index (κ1) is 22.8. The molecule has 1 aromatic carbocycles. The lowest BCUT2D eigenvalue weighted by atomic mass is 10.0. The fourth-order valence-corrected chi connectivity index (χ4v) is 3.83. The largest absolute Gasteiger partial charge is 0.396 e. The summed E-state index contributed by atoms with van der Waals surface area (Å²) < 4.78 is 3.01. The van der Waals surface area contributed by atoms with Gasteiger partial charge in [0.25, 0.3) is 5.91 Å². The normalized spacial score (nSPS) is 13.3. The van der Waals surface area contributed by atoms with Crippen LogP contribution in [0.4, 0.5) is 0 Å². The van der Waals surface area contributed by atoms with Crippen molar-refractivity contribution in [3.63, 3.8) is 0 Å². The number of carbonyl (C=O) groups is 1. The number of aliphatic hydroxyl groups excluding tert-OH is 1. The second-order valence-corrected chi connectivity index (χ2v) is 8.64. The smallest absolute Gasteiger partial charge is 0.262 e. The Kier molecular flexibility index (Phi) is 7.35. The van der Waals surface area contributed by atoms with E-state index in [4.69, 9.17) is 5.73 Å². The number of nitrogens with two attached hydrogens (primary N) is 1. The molecule has 1 aromatic heterocycles. The molecule has 0 unspecified atom stereocenters. The summed E-state index contributed by atoms with van der Waals surface area (Å²) in [5.74, 6) is 0.0482. The highest BCUT2D eigenvalue weighted by Gasteiger charge is 2.22. The lowest BCUT2D eigenvalue weighted by molar-refractivity contribution is -0.117. The number of nitrogens with one attached hydrogen (secondary N) is 2. The number of benzene rings is 1. The fraction of sp³-hybridized carbons (Fsp3) is 0.318. The summed E-state index contributed by atoms with van der Waals surface area (Å²) in [6.45, 7) is 4.48. The molecule has 3 rings (SSSR count). The van der Waals surface area contributed by atoms with Crippen molar-refractivity contribution in [2.24, 2.45) is 10.7 Å². The Morgan fingerprint density at radius 1 is 1.45 bits per heavy atom. The Morgan fingerprint density at radius 3 is 2.77 bits per heavy atom. The van der Waals surface area contributed by atoms with Crippen LogP contribution < -0.4 is 27.1 Å². The van der Waals surface area contributed by atoms with E-state index in [1.165, 1.54) is 0 Å². The molecule has 162 valence electrons. The van der Waals surface area contributed by atoms with Crippen LogP contribution in [0, 0.1) is 14.9 Å². The highest BCUT2D eigenvalue weighted by Crippen LogP contribution is 2.24. The minimum absolute atomic E-state index is 0.00532. The molecule has 0 aliphatic carbocycles. The third-order valence-electron chi connectivity index (χ3n) is 4.78. The summed E-state index contributed by atoms with van der Waals surface area (Å²) in [6.07, 6.45) is 2.08. The first-order valence-electron chi connectivity index (χ1n) is 9.97. The molecule has 0 bridgehead atoms. The number of aromatic nitrogens is 1. The van der Waals surface area contributed by atoms with E-state index in [1.807, 2.05) is 48.7 Å². The van der Waals surface area contributed by atoms with Crippen molar-refractivity contribution in [3.05, 3.63) is 49.8 Å². The van der Waals surface area contributed by atoms with Crippen molar-refractivity contribution in [1.82, 2.24) is 15.2 Å². The van der Waals surface area contributed by atoms with Gasteiger partial charge in [-0.05, 0) is 66.6 Å². The monoisotopic (exact) mass is 532 g/mol. The van der Waals surface area contributed by atoms with Crippen molar-refractivity contribution in [1.29, 1.82) is 5.26 Å². The molecule has 0 atom stereocenters. The average Bonchev–Trinajstić information content (AvgIpc) is 3.04. The number of hydrogen-bond donors (Lipinski definition) is 4. The van der Waals surface area contributed by atoms with E-state index in [2.05, 4.69) is 38.2 Å². The number of amides is 1. The van der Waals surface area contributed by atoms with Crippen LogP contribution >= 0.6 is 22.6 Å². The number of rotatable bonds is 7. The topological polar surface area (TPSA) is 128 Å². The molecule has 0 radical (unpaired) electrons. The summed E-state index contributed by atoms with van der Waals surface area (Å²) in [5.41, 5.74) is 9.35. The van der Waals surface area contributed by atoms with Crippen molar-refractivity contribution < 1.29 is 9.90 Å². The number of fused-ring (bicyclic) bond motifs is 1. The van der Waals surface area contributed by atoms with Gasteiger partial charge in [0.05, 0.1) is 10.9 Å². The molecular weight excluding hydrogens is 507 g/mol. The summed E-state index contributed by atoms with van der Waals surface area (Å²) in [6, 6.07) is 9.85. The zero-order valence-corrected chi connectivity index (χ0v) is 19.6. The second kappa shape index (κ2) is 9.98. The Balaban J connectivity index is 2.36. The quantitative estimate of drug-likeness (QED) is 0.238. The molecule has 5 N–H and O–H groups in total. The highest BCUT2D eigenvalue weighted by atomic mass is 127. The van der Waals surface area contributed by atoms with Crippen molar-refractivity contribution in [2.45, 2.75) is 32.9 Å². The van der Waals surface area contributed by atoms with Crippen molar-refractivity contribution in [3.8, 4) is 17.2 Å². The molecule has 0 saturated carbocycles. The van der Waals surface area contributed by atoms with Crippen LogP contribution in [0.2, 0.25) is 0 Å². The number of halogens is 1. The molecule has 1 aliphatic heterocycles. The van der Waals surface area contributed by atoms with E-state index in [0.717, 1.165) is 19.9 Å². The second-order valence-electron chi connectivity index (χ2n) is 7.40. The van der Waals surface area contributed by atoms with Gasteiger partial charge in [-0.2, -0.15) is 5.26 Å². The van der Waals surface area contributed by atoms with Gasteiger partial charge in [-0.3, -0.25) is 4.79 Å². The van der Waals surface area contributed by atoms with Gasteiger partial charge in [-0.15, -0.1) is 0 Å². The molecule has 0 saturated heterocycles. The maximum absolute atomic E-state index is 12.6. The van der Waals surface area contributed by atoms with E-state index < -0.39 is 5.91 Å². The summed E-state index contributed by atoms with van der Waals surface area (Å²) in [4.78, 5) is 17.2. The lowest BCUT2D eigenvalue weighted by Crippen LogP contribution is -2.43. The van der Waals surface area contributed by atoms with E-state index >= 15 is 0 Å². The Labute approximate surface area is 194 Å². The maximum atomic E-state index is 12.6. The van der Waals surface area contributed by atoms with Crippen LogP contribution in [-0.2, 0) is 11.3 Å². The molecule has 8 nitrogen and oxygen atoms in total. The Morgan fingerprint density at radius 2 is 2.16 bits per heavy atom. The molecule has 1 amide bonds. The van der Waals surface area contributed by atoms with Crippen LogP contribution in [0.1, 0.15) is 26.0 Å². The van der Waals surface area contributed by atoms with Crippen LogP contribution in [0.25, 0.3) is 23.0 Å². The lowest BCUT2D eigenvalue weighted by Gasteiger charge is -2.11. The summed E-state index contributed by atoms with van der Waals surface area (Å²) in [7, 11) is 0. The standard InChI is InChI=1S/C22H25IN6O2/c1-13(2)28-22(31)15(11-24)10-17-18(14-4-6-16(23)7-5-14)19-20(25)26-12-27-21(19)29(17)8-3-9-30/h4-7,10,13,26,30H,3,8-9,12,25H2,1-2H3,(H,28,31)/b15-10+. The fourth-order valence-electron chi connectivity index (χ4n) is 3.47. The van der Waals surface area contributed by atoms with Gasteiger partial charge >= 0.3 is 0 Å². The minimum atomic E-state index is -0.439. The number of aliphatic hydroxyl groups is 1. The Hall–Kier alpha value is -2.84. The molecule has 2 heterocycles. The number of carbonyl (C=O) groups excluding carboxylic acids is 1. The van der Waals surface area contributed by atoms with Crippen LogP contribution in [0.15, 0.2) is 34.8 Å².